The minimum absolute atomic E-state index is 0.237. The molecule has 15 heavy (non-hydrogen) atoms. The number of anilines is 1. The van der Waals surface area contributed by atoms with E-state index >= 15 is 0 Å². The Kier molecular flexibility index (Phi) is 3.68. The fourth-order valence-corrected chi connectivity index (χ4v) is 2.29. The molecule has 84 valence electrons. The second-order valence-corrected chi connectivity index (χ2v) is 5.22. The summed E-state index contributed by atoms with van der Waals surface area (Å²) in [6, 6.07) is 0. The number of nitrogens with zero attached hydrogens (tertiary/aromatic N) is 2. The molecule has 1 fully saturated rings. The second-order valence-electron chi connectivity index (χ2n) is 3.55. The number of likely N-dealkylation sites (N-methyl/N-ethyl adjacent to an activating group) is 1. The van der Waals surface area contributed by atoms with Crippen LogP contribution >= 0.6 is 23.6 Å². The third kappa shape index (κ3) is 3.23. The standard InChI is InChI=1S/C8H14N4OS2/c1-12-2-3-13-6(5-12)4-9-7-10-11-8(14)15-7/h6H,2-5H2,1H3,(H,9,10)(H,11,14). The number of nitrogens with one attached hydrogen (secondary N) is 2. The summed E-state index contributed by atoms with van der Waals surface area (Å²) in [6.45, 7) is 3.56. The number of H-pyrrole nitrogens is 1. The van der Waals surface area contributed by atoms with E-state index in [0.29, 0.717) is 3.95 Å². The van der Waals surface area contributed by atoms with E-state index in [1.54, 1.807) is 0 Å². The molecule has 0 spiro atoms. The van der Waals surface area contributed by atoms with Crippen molar-refractivity contribution in [1.82, 2.24) is 15.1 Å². The van der Waals surface area contributed by atoms with Crippen LogP contribution in [0, 0.1) is 3.95 Å². The van der Waals surface area contributed by atoms with E-state index in [1.165, 1.54) is 11.3 Å². The molecule has 7 heteroatoms. The van der Waals surface area contributed by atoms with Crippen molar-refractivity contribution in [3.63, 3.8) is 0 Å². The van der Waals surface area contributed by atoms with Crippen molar-refractivity contribution >= 4 is 28.7 Å². The normalized spacial score (nSPS) is 22.9. The molecule has 0 saturated carbocycles. The maximum atomic E-state index is 5.61. The molecule has 0 aliphatic carbocycles. The number of hydrogen-bond acceptors (Lipinski definition) is 6. The lowest BCUT2D eigenvalue weighted by atomic mass is 10.3. The second kappa shape index (κ2) is 5.02. The first-order chi connectivity index (χ1) is 7.24. The van der Waals surface area contributed by atoms with Gasteiger partial charge >= 0.3 is 0 Å². The minimum atomic E-state index is 0.237. The van der Waals surface area contributed by atoms with Gasteiger partial charge in [0.2, 0.25) is 5.13 Å². The van der Waals surface area contributed by atoms with Crippen molar-refractivity contribution < 1.29 is 4.74 Å². The van der Waals surface area contributed by atoms with Gasteiger partial charge in [-0.3, -0.25) is 5.10 Å². The summed E-state index contributed by atoms with van der Waals surface area (Å²) in [4.78, 5) is 2.27. The van der Waals surface area contributed by atoms with Gasteiger partial charge in [-0.25, -0.2) is 0 Å². The summed E-state index contributed by atoms with van der Waals surface area (Å²) in [5.74, 6) is 0. The van der Waals surface area contributed by atoms with Crippen molar-refractivity contribution in [3.8, 4) is 0 Å². The van der Waals surface area contributed by atoms with Gasteiger partial charge in [-0.05, 0) is 19.3 Å². The summed E-state index contributed by atoms with van der Waals surface area (Å²) in [6.07, 6.45) is 0.237. The van der Waals surface area contributed by atoms with Crippen LogP contribution in [0.1, 0.15) is 0 Å². The van der Waals surface area contributed by atoms with Crippen LogP contribution < -0.4 is 5.32 Å². The molecule has 0 amide bonds. The zero-order valence-corrected chi connectivity index (χ0v) is 10.2. The van der Waals surface area contributed by atoms with Gasteiger partial charge in [0.15, 0.2) is 3.95 Å². The fraction of sp³-hybridized carbons (Fsp3) is 0.750. The molecule has 1 aliphatic rings. The summed E-state index contributed by atoms with van der Waals surface area (Å²) in [5, 5.41) is 10.8. The van der Waals surface area contributed by atoms with Gasteiger partial charge in [0.25, 0.3) is 0 Å². The molecule has 1 saturated heterocycles. The molecule has 1 aromatic heterocycles. The van der Waals surface area contributed by atoms with Gasteiger partial charge in [-0.2, -0.15) is 0 Å². The van der Waals surface area contributed by atoms with E-state index in [4.69, 9.17) is 17.0 Å². The molecule has 5 nitrogen and oxygen atoms in total. The first kappa shape index (κ1) is 11.0. The minimum Gasteiger partial charge on any atom is -0.374 e. The fourth-order valence-electron chi connectivity index (χ4n) is 1.50. The van der Waals surface area contributed by atoms with Gasteiger partial charge < -0.3 is 15.0 Å². The molecule has 0 aromatic carbocycles. The molecule has 1 aliphatic heterocycles. The van der Waals surface area contributed by atoms with Crippen molar-refractivity contribution in [3.05, 3.63) is 3.95 Å². The Morgan fingerprint density at radius 3 is 3.33 bits per heavy atom. The van der Waals surface area contributed by atoms with Gasteiger partial charge in [0.1, 0.15) is 0 Å². The Morgan fingerprint density at radius 1 is 1.80 bits per heavy atom. The van der Waals surface area contributed by atoms with Crippen LogP contribution in [0.25, 0.3) is 0 Å². The predicted octanol–water partition coefficient (Wildman–Crippen LogP) is 0.943. The lowest BCUT2D eigenvalue weighted by Crippen LogP contribution is -2.43. The van der Waals surface area contributed by atoms with Crippen LogP contribution in [0.4, 0.5) is 5.13 Å². The van der Waals surface area contributed by atoms with Gasteiger partial charge in [0, 0.05) is 19.6 Å². The van der Waals surface area contributed by atoms with E-state index in [-0.39, 0.29) is 6.10 Å². The van der Waals surface area contributed by atoms with E-state index in [0.717, 1.165) is 31.4 Å². The summed E-state index contributed by atoms with van der Waals surface area (Å²) in [7, 11) is 2.11. The Hall–Kier alpha value is -0.500. The molecule has 2 N–H and O–H groups in total. The van der Waals surface area contributed by atoms with Crippen LogP contribution in [0.15, 0.2) is 0 Å². The zero-order valence-electron chi connectivity index (χ0n) is 8.52. The van der Waals surface area contributed by atoms with E-state index < -0.39 is 0 Å². The monoisotopic (exact) mass is 246 g/mol. The van der Waals surface area contributed by atoms with E-state index in [9.17, 15) is 0 Å². The SMILES string of the molecule is CN1CCOC(CNc2n[nH]c(=S)s2)C1. The topological polar surface area (TPSA) is 53.2 Å². The molecule has 0 bridgehead atoms. The smallest absolute Gasteiger partial charge is 0.204 e. The van der Waals surface area contributed by atoms with E-state index in [2.05, 4.69) is 27.5 Å². The Morgan fingerprint density at radius 2 is 2.67 bits per heavy atom. The summed E-state index contributed by atoms with van der Waals surface area (Å²) < 4.78 is 6.31. The van der Waals surface area contributed by atoms with Gasteiger partial charge in [-0.15, -0.1) is 5.10 Å². The Labute approximate surface area is 97.4 Å². The zero-order chi connectivity index (χ0) is 10.7. The third-order valence-electron chi connectivity index (χ3n) is 2.26. The molecule has 1 aromatic rings. The van der Waals surface area contributed by atoms with Gasteiger partial charge in [-0.1, -0.05) is 11.3 Å². The first-order valence-electron chi connectivity index (χ1n) is 4.83. The lowest BCUT2D eigenvalue weighted by molar-refractivity contribution is -0.0117. The average Bonchev–Trinajstić information content (AvgIpc) is 2.62. The van der Waals surface area contributed by atoms with Crippen LogP contribution in [-0.2, 0) is 4.74 Å². The number of morpholine rings is 1. The summed E-state index contributed by atoms with van der Waals surface area (Å²) in [5.41, 5.74) is 0. The molecule has 0 radical (unpaired) electrons. The number of rotatable bonds is 3. The maximum absolute atomic E-state index is 5.61. The highest BCUT2D eigenvalue weighted by molar-refractivity contribution is 7.73. The number of aromatic amines is 1. The van der Waals surface area contributed by atoms with Crippen LogP contribution in [0.2, 0.25) is 0 Å². The largest absolute Gasteiger partial charge is 0.374 e. The predicted molar refractivity (Wildman–Crippen MR) is 63.0 cm³/mol. The highest BCUT2D eigenvalue weighted by Crippen LogP contribution is 2.11. The van der Waals surface area contributed by atoms with Gasteiger partial charge in [0.05, 0.1) is 12.7 Å². The molecule has 1 unspecified atom stereocenters. The highest BCUT2D eigenvalue weighted by atomic mass is 32.1. The number of ether oxygens (including phenoxy) is 1. The Balaban J connectivity index is 1.80. The lowest BCUT2D eigenvalue weighted by Gasteiger charge is -2.29. The first-order valence-corrected chi connectivity index (χ1v) is 6.06. The summed E-state index contributed by atoms with van der Waals surface area (Å²) >= 11 is 6.39. The van der Waals surface area contributed by atoms with Crippen LogP contribution in [-0.4, -0.2) is 54.5 Å². The molecular weight excluding hydrogens is 232 g/mol. The molecule has 2 heterocycles. The highest BCUT2D eigenvalue weighted by Gasteiger charge is 2.17. The number of aromatic nitrogens is 2. The molecule has 1 atom stereocenters. The van der Waals surface area contributed by atoms with Crippen molar-refractivity contribution in [2.75, 3.05) is 38.6 Å². The van der Waals surface area contributed by atoms with Crippen LogP contribution in [0.5, 0.6) is 0 Å². The number of hydrogen-bond donors (Lipinski definition) is 2. The van der Waals surface area contributed by atoms with Crippen molar-refractivity contribution in [2.45, 2.75) is 6.10 Å². The average molecular weight is 246 g/mol. The molecule has 2 rings (SSSR count). The Bertz CT molecular complexity index is 364. The van der Waals surface area contributed by atoms with Crippen molar-refractivity contribution in [1.29, 1.82) is 0 Å². The molecular formula is C8H14N4OS2. The quantitative estimate of drug-likeness (QED) is 0.778. The maximum Gasteiger partial charge on any atom is 0.204 e. The third-order valence-corrected chi connectivity index (χ3v) is 3.31. The van der Waals surface area contributed by atoms with E-state index in [1.807, 2.05) is 0 Å². The van der Waals surface area contributed by atoms with Crippen molar-refractivity contribution in [2.24, 2.45) is 0 Å². The van der Waals surface area contributed by atoms with Crippen LogP contribution in [0.3, 0.4) is 0 Å².